The number of alkyl halides is 4. The van der Waals surface area contributed by atoms with E-state index in [-0.39, 0.29) is 24.3 Å². The highest BCUT2D eigenvalue weighted by molar-refractivity contribution is 5.93. The summed E-state index contributed by atoms with van der Waals surface area (Å²) >= 11 is 0. The van der Waals surface area contributed by atoms with Gasteiger partial charge in [-0.3, -0.25) is 4.79 Å². The molecule has 0 aliphatic heterocycles. The van der Waals surface area contributed by atoms with Gasteiger partial charge in [0.25, 0.3) is 0 Å². The summed E-state index contributed by atoms with van der Waals surface area (Å²) in [7, 11) is 0. The molecule has 8 heteroatoms. The van der Waals surface area contributed by atoms with Gasteiger partial charge in [-0.1, -0.05) is 18.6 Å². The van der Waals surface area contributed by atoms with E-state index in [0.717, 1.165) is 19.3 Å². The molecule has 1 saturated carbocycles. The third-order valence-electron chi connectivity index (χ3n) is 4.38. The average molecular weight is 362 g/mol. The molecule has 0 aromatic heterocycles. The first-order valence-electron chi connectivity index (χ1n) is 8.17. The van der Waals surface area contributed by atoms with Crippen LogP contribution in [0.25, 0.3) is 0 Å². The number of carbonyl (C=O) groups is 1. The second kappa shape index (κ2) is 8.62. The zero-order chi connectivity index (χ0) is 18.4. The number of hydrogen-bond donors (Lipinski definition) is 2. The van der Waals surface area contributed by atoms with Crippen molar-refractivity contribution in [2.75, 3.05) is 18.5 Å². The number of benzene rings is 1. The maximum absolute atomic E-state index is 12.8. The van der Waals surface area contributed by atoms with Crippen LogP contribution in [0.5, 0.6) is 0 Å². The Kier molecular flexibility index (Phi) is 6.78. The molecule has 3 N–H and O–H groups in total. The van der Waals surface area contributed by atoms with Gasteiger partial charge in [0.2, 0.25) is 5.91 Å². The number of anilines is 1. The number of carbonyl (C=O) groups excluding carboxylic acids is 1. The molecule has 4 nitrogen and oxygen atoms in total. The van der Waals surface area contributed by atoms with E-state index in [4.69, 9.17) is 5.73 Å². The Morgan fingerprint density at radius 2 is 2.12 bits per heavy atom. The molecule has 0 unspecified atom stereocenters. The predicted octanol–water partition coefficient (Wildman–Crippen LogP) is 3.42. The summed E-state index contributed by atoms with van der Waals surface area (Å²) in [6, 6.07) is 6.48. The first-order valence-corrected chi connectivity index (χ1v) is 8.17. The summed E-state index contributed by atoms with van der Waals surface area (Å²) in [6.07, 6.45) is -1.08. The first-order chi connectivity index (χ1) is 11.8. The molecule has 25 heavy (non-hydrogen) atoms. The Balaban J connectivity index is 1.89. The molecule has 0 bridgehead atoms. The van der Waals surface area contributed by atoms with Crippen LogP contribution >= 0.6 is 0 Å². The van der Waals surface area contributed by atoms with Crippen LogP contribution in [0.4, 0.5) is 23.2 Å². The van der Waals surface area contributed by atoms with E-state index >= 15 is 0 Å². The molecule has 0 heterocycles. The third-order valence-corrected chi connectivity index (χ3v) is 4.38. The van der Waals surface area contributed by atoms with Crippen molar-refractivity contribution < 1.29 is 27.1 Å². The Bertz CT molecular complexity index is 584. The van der Waals surface area contributed by atoms with Gasteiger partial charge in [-0.25, -0.2) is 8.78 Å². The second-order valence-electron chi connectivity index (χ2n) is 6.28. The SMILES string of the molecule is NC[C@H]1CCC[C@H]1C(=O)Nc1cccc(COCC(F)(F)C(F)F)c1. The summed E-state index contributed by atoms with van der Waals surface area (Å²) < 4.78 is 54.4. The van der Waals surface area contributed by atoms with Crippen molar-refractivity contribution in [3.63, 3.8) is 0 Å². The number of amides is 1. The fourth-order valence-electron chi connectivity index (χ4n) is 3.01. The molecule has 0 saturated heterocycles. The highest BCUT2D eigenvalue weighted by Crippen LogP contribution is 2.32. The lowest BCUT2D eigenvalue weighted by Crippen LogP contribution is -2.32. The van der Waals surface area contributed by atoms with Gasteiger partial charge in [-0.2, -0.15) is 8.78 Å². The molecule has 1 aromatic carbocycles. The molecule has 1 aliphatic rings. The van der Waals surface area contributed by atoms with Gasteiger partial charge >= 0.3 is 12.3 Å². The Hall–Kier alpha value is -1.67. The summed E-state index contributed by atoms with van der Waals surface area (Å²) in [6.45, 7) is -1.15. The molecule has 1 fully saturated rings. The van der Waals surface area contributed by atoms with Crippen molar-refractivity contribution in [3.8, 4) is 0 Å². The summed E-state index contributed by atoms with van der Waals surface area (Å²) in [5, 5.41) is 2.80. The highest BCUT2D eigenvalue weighted by atomic mass is 19.3. The van der Waals surface area contributed by atoms with E-state index in [2.05, 4.69) is 10.1 Å². The van der Waals surface area contributed by atoms with Crippen molar-refractivity contribution in [1.29, 1.82) is 0 Å². The lowest BCUT2D eigenvalue weighted by Gasteiger charge is -2.18. The smallest absolute Gasteiger partial charge is 0.330 e. The normalized spacial score (nSPS) is 20.9. The number of hydrogen-bond acceptors (Lipinski definition) is 3. The van der Waals surface area contributed by atoms with Crippen LogP contribution < -0.4 is 11.1 Å². The van der Waals surface area contributed by atoms with Crippen LogP contribution in [0.2, 0.25) is 0 Å². The summed E-state index contributed by atoms with van der Waals surface area (Å²) in [5.74, 6) is -4.25. The molecule has 0 spiro atoms. The quantitative estimate of drug-likeness (QED) is 0.697. The van der Waals surface area contributed by atoms with Crippen LogP contribution in [0, 0.1) is 11.8 Å². The predicted molar refractivity (Wildman–Crippen MR) is 85.6 cm³/mol. The average Bonchev–Trinajstić information content (AvgIpc) is 3.03. The van der Waals surface area contributed by atoms with E-state index in [1.807, 2.05) is 0 Å². The van der Waals surface area contributed by atoms with Crippen LogP contribution in [-0.2, 0) is 16.1 Å². The summed E-state index contributed by atoms with van der Waals surface area (Å²) in [4.78, 5) is 12.3. The topological polar surface area (TPSA) is 64.4 Å². The van der Waals surface area contributed by atoms with Crippen molar-refractivity contribution >= 4 is 11.6 Å². The Labute approximate surface area is 143 Å². The first kappa shape index (κ1) is 19.7. The lowest BCUT2D eigenvalue weighted by atomic mass is 9.95. The number of nitrogens with one attached hydrogen (secondary N) is 1. The van der Waals surface area contributed by atoms with Crippen molar-refractivity contribution in [2.24, 2.45) is 17.6 Å². The molecular formula is C17H22F4N2O2. The van der Waals surface area contributed by atoms with E-state index in [0.29, 0.717) is 17.8 Å². The van der Waals surface area contributed by atoms with Crippen molar-refractivity contribution in [1.82, 2.24) is 0 Å². The minimum absolute atomic E-state index is 0.116. The van der Waals surface area contributed by atoms with Crippen molar-refractivity contribution in [3.05, 3.63) is 29.8 Å². The van der Waals surface area contributed by atoms with Crippen LogP contribution in [0.1, 0.15) is 24.8 Å². The fraction of sp³-hybridized carbons (Fsp3) is 0.588. The minimum Gasteiger partial charge on any atom is -0.370 e. The van der Waals surface area contributed by atoms with E-state index in [1.54, 1.807) is 24.3 Å². The van der Waals surface area contributed by atoms with Gasteiger partial charge in [0, 0.05) is 11.6 Å². The molecule has 2 atom stereocenters. The minimum atomic E-state index is -4.18. The van der Waals surface area contributed by atoms with Gasteiger partial charge in [0.1, 0.15) is 6.61 Å². The van der Waals surface area contributed by atoms with Crippen molar-refractivity contribution in [2.45, 2.75) is 38.2 Å². The monoisotopic (exact) mass is 362 g/mol. The number of halogens is 4. The maximum Gasteiger partial charge on any atom is 0.330 e. The van der Waals surface area contributed by atoms with Crippen LogP contribution in [0.15, 0.2) is 24.3 Å². The van der Waals surface area contributed by atoms with Crippen LogP contribution in [0.3, 0.4) is 0 Å². The highest BCUT2D eigenvalue weighted by Gasteiger charge is 2.40. The molecule has 2 rings (SSSR count). The van der Waals surface area contributed by atoms with Gasteiger partial charge in [0.15, 0.2) is 0 Å². The molecule has 1 aromatic rings. The number of rotatable bonds is 8. The van der Waals surface area contributed by atoms with E-state index in [1.165, 1.54) is 0 Å². The molecule has 1 aliphatic carbocycles. The zero-order valence-corrected chi connectivity index (χ0v) is 13.7. The van der Waals surface area contributed by atoms with Crippen LogP contribution in [-0.4, -0.2) is 31.4 Å². The zero-order valence-electron chi connectivity index (χ0n) is 13.7. The number of ether oxygens (including phenoxy) is 1. The van der Waals surface area contributed by atoms with Gasteiger partial charge in [-0.05, 0) is 43.0 Å². The van der Waals surface area contributed by atoms with Gasteiger partial charge < -0.3 is 15.8 Å². The lowest BCUT2D eigenvalue weighted by molar-refractivity contribution is -0.168. The fourth-order valence-corrected chi connectivity index (χ4v) is 3.01. The van der Waals surface area contributed by atoms with Gasteiger partial charge in [-0.15, -0.1) is 0 Å². The number of nitrogens with two attached hydrogens (primary N) is 1. The van der Waals surface area contributed by atoms with E-state index in [9.17, 15) is 22.4 Å². The standard InChI is InChI=1S/C17H22F4N2O2/c18-16(19)17(20,21)10-25-9-11-3-1-5-13(7-11)23-15(24)14-6-2-4-12(14)8-22/h1,3,5,7,12,14,16H,2,4,6,8-10,22H2,(H,23,24)/t12-,14-/m1/s1. The summed E-state index contributed by atoms with van der Waals surface area (Å²) in [5.41, 5.74) is 6.69. The van der Waals surface area contributed by atoms with Gasteiger partial charge in [0.05, 0.1) is 6.61 Å². The Morgan fingerprint density at radius 1 is 1.36 bits per heavy atom. The maximum atomic E-state index is 12.8. The molecular weight excluding hydrogens is 340 g/mol. The van der Waals surface area contributed by atoms with E-state index < -0.39 is 19.0 Å². The molecule has 1 amide bonds. The Morgan fingerprint density at radius 3 is 2.80 bits per heavy atom. The molecule has 140 valence electrons. The second-order valence-corrected chi connectivity index (χ2v) is 6.28. The third kappa shape index (κ3) is 5.40. The molecule has 0 radical (unpaired) electrons. The largest absolute Gasteiger partial charge is 0.370 e.